The minimum absolute atomic E-state index is 0.288. The molecular formula is C17H16O5. The molecule has 0 aliphatic heterocycles. The molecule has 0 aliphatic rings. The van der Waals surface area contributed by atoms with E-state index in [1.54, 1.807) is 30.3 Å². The molecule has 2 N–H and O–H groups in total. The molecule has 0 heterocycles. The summed E-state index contributed by atoms with van der Waals surface area (Å²) >= 11 is 0. The Hall–Kier alpha value is -3.08. The molecule has 2 rings (SSSR count). The van der Waals surface area contributed by atoms with Crippen LogP contribution in [0.2, 0.25) is 0 Å². The van der Waals surface area contributed by atoms with E-state index in [-0.39, 0.29) is 6.61 Å². The standard InChI is InChI=1S/C9H8O2.C8H8O3/c10-9(11)7-6-8-4-2-1-3-5-8;9-8(10)6-11-7-4-2-1-3-5-7/h1-7H,(H,10,11);1-5H,6H2,(H,9,10). The first-order chi connectivity index (χ1) is 10.6. The summed E-state index contributed by atoms with van der Waals surface area (Å²) in [5, 5.41) is 16.5. The molecule has 0 saturated carbocycles. The first-order valence-electron chi connectivity index (χ1n) is 6.43. The van der Waals surface area contributed by atoms with Crippen LogP contribution in [-0.2, 0) is 9.59 Å². The Morgan fingerprint density at radius 1 is 0.909 bits per heavy atom. The molecule has 0 atom stereocenters. The van der Waals surface area contributed by atoms with Crippen molar-refractivity contribution in [1.82, 2.24) is 0 Å². The lowest BCUT2D eigenvalue weighted by atomic mass is 10.2. The zero-order valence-electron chi connectivity index (χ0n) is 11.8. The van der Waals surface area contributed by atoms with Gasteiger partial charge in [0.1, 0.15) is 5.75 Å². The molecule has 0 spiro atoms. The van der Waals surface area contributed by atoms with Crippen molar-refractivity contribution < 1.29 is 24.5 Å². The summed E-state index contributed by atoms with van der Waals surface area (Å²) in [4.78, 5) is 20.1. The average molecular weight is 300 g/mol. The van der Waals surface area contributed by atoms with Crippen LogP contribution >= 0.6 is 0 Å². The summed E-state index contributed by atoms with van der Waals surface area (Å²) in [6.45, 7) is -0.288. The Morgan fingerprint density at radius 2 is 1.45 bits per heavy atom. The van der Waals surface area contributed by atoms with Crippen LogP contribution in [0.5, 0.6) is 5.75 Å². The Kier molecular flexibility index (Phi) is 7.53. The van der Waals surface area contributed by atoms with Crippen molar-refractivity contribution >= 4 is 18.0 Å². The Bertz CT molecular complexity index is 605. The summed E-state index contributed by atoms with van der Waals surface area (Å²) in [5.74, 6) is -1.31. The fraction of sp³-hybridized carbons (Fsp3) is 0.0588. The highest BCUT2D eigenvalue weighted by Gasteiger charge is 1.96. The van der Waals surface area contributed by atoms with Gasteiger partial charge in [-0.25, -0.2) is 9.59 Å². The molecule has 0 bridgehead atoms. The van der Waals surface area contributed by atoms with Crippen LogP contribution in [0.4, 0.5) is 0 Å². The topological polar surface area (TPSA) is 83.8 Å². The third-order valence-corrected chi connectivity index (χ3v) is 2.32. The second-order valence-corrected chi connectivity index (χ2v) is 4.08. The second kappa shape index (κ2) is 9.77. The third kappa shape index (κ3) is 8.16. The minimum atomic E-state index is -0.964. The van der Waals surface area contributed by atoms with E-state index in [1.807, 2.05) is 36.4 Å². The van der Waals surface area contributed by atoms with Crippen LogP contribution in [0, 0.1) is 0 Å². The van der Waals surface area contributed by atoms with Crippen LogP contribution in [0.25, 0.3) is 6.08 Å². The number of ether oxygens (including phenoxy) is 1. The van der Waals surface area contributed by atoms with Crippen molar-refractivity contribution in [2.75, 3.05) is 6.61 Å². The van der Waals surface area contributed by atoms with E-state index in [2.05, 4.69) is 0 Å². The van der Waals surface area contributed by atoms with Crippen molar-refractivity contribution in [1.29, 1.82) is 0 Å². The summed E-state index contributed by atoms with van der Waals surface area (Å²) < 4.78 is 4.87. The van der Waals surface area contributed by atoms with Gasteiger partial charge >= 0.3 is 11.9 Å². The maximum Gasteiger partial charge on any atom is 0.341 e. The predicted octanol–water partition coefficient (Wildman–Crippen LogP) is 2.93. The van der Waals surface area contributed by atoms with Gasteiger partial charge in [0.05, 0.1) is 0 Å². The molecule has 0 aromatic heterocycles. The summed E-state index contributed by atoms with van der Waals surface area (Å²) in [6.07, 6.45) is 2.68. The molecule has 0 fully saturated rings. The van der Waals surface area contributed by atoms with Gasteiger partial charge < -0.3 is 14.9 Å². The van der Waals surface area contributed by atoms with Gasteiger partial charge in [-0.05, 0) is 23.8 Å². The second-order valence-electron chi connectivity index (χ2n) is 4.08. The molecule has 5 nitrogen and oxygen atoms in total. The zero-order valence-corrected chi connectivity index (χ0v) is 11.8. The summed E-state index contributed by atoms with van der Waals surface area (Å²) in [6, 6.07) is 18.1. The quantitative estimate of drug-likeness (QED) is 0.829. The third-order valence-electron chi connectivity index (χ3n) is 2.32. The van der Waals surface area contributed by atoms with E-state index < -0.39 is 11.9 Å². The molecule has 5 heteroatoms. The maximum atomic E-state index is 10.1. The highest BCUT2D eigenvalue weighted by atomic mass is 16.5. The highest BCUT2D eigenvalue weighted by molar-refractivity contribution is 5.85. The van der Waals surface area contributed by atoms with Crippen LogP contribution in [0.3, 0.4) is 0 Å². The Labute approximate surface area is 128 Å². The first kappa shape index (κ1) is 17.0. The largest absolute Gasteiger partial charge is 0.482 e. The van der Waals surface area contributed by atoms with Crippen molar-refractivity contribution in [3.63, 3.8) is 0 Å². The van der Waals surface area contributed by atoms with Gasteiger partial charge in [-0.3, -0.25) is 0 Å². The first-order valence-corrected chi connectivity index (χ1v) is 6.43. The predicted molar refractivity (Wildman–Crippen MR) is 82.7 cm³/mol. The van der Waals surface area contributed by atoms with Crippen molar-refractivity contribution in [3.05, 3.63) is 72.3 Å². The number of carboxylic acids is 2. The molecule has 114 valence electrons. The minimum Gasteiger partial charge on any atom is -0.482 e. The van der Waals surface area contributed by atoms with Gasteiger partial charge in [0.15, 0.2) is 6.61 Å². The maximum absolute atomic E-state index is 10.1. The fourth-order valence-electron chi connectivity index (χ4n) is 1.39. The van der Waals surface area contributed by atoms with Gasteiger partial charge in [-0.1, -0.05) is 48.5 Å². The lowest BCUT2D eigenvalue weighted by molar-refractivity contribution is -0.139. The number of rotatable bonds is 5. The summed E-state index contributed by atoms with van der Waals surface area (Å²) in [7, 11) is 0. The van der Waals surface area contributed by atoms with Gasteiger partial charge in [0, 0.05) is 6.08 Å². The lowest BCUT2D eigenvalue weighted by Crippen LogP contribution is -2.09. The van der Waals surface area contributed by atoms with Gasteiger partial charge in [-0.15, -0.1) is 0 Å². The molecule has 22 heavy (non-hydrogen) atoms. The van der Waals surface area contributed by atoms with Gasteiger partial charge in [0.2, 0.25) is 0 Å². The van der Waals surface area contributed by atoms with Crippen LogP contribution in [-0.4, -0.2) is 28.8 Å². The number of benzene rings is 2. The number of para-hydroxylation sites is 1. The molecule has 0 radical (unpaired) electrons. The van der Waals surface area contributed by atoms with Crippen LogP contribution in [0.15, 0.2) is 66.7 Å². The average Bonchev–Trinajstić information content (AvgIpc) is 2.53. The zero-order chi connectivity index (χ0) is 16.2. The van der Waals surface area contributed by atoms with Crippen molar-refractivity contribution in [3.8, 4) is 5.75 Å². The lowest BCUT2D eigenvalue weighted by Gasteiger charge is -2.00. The summed E-state index contributed by atoms with van der Waals surface area (Å²) in [5.41, 5.74) is 0.898. The molecule has 0 saturated heterocycles. The Morgan fingerprint density at radius 3 is 1.95 bits per heavy atom. The van der Waals surface area contributed by atoms with Gasteiger partial charge in [-0.2, -0.15) is 0 Å². The van der Waals surface area contributed by atoms with E-state index in [1.165, 1.54) is 0 Å². The van der Waals surface area contributed by atoms with Crippen molar-refractivity contribution in [2.45, 2.75) is 0 Å². The van der Waals surface area contributed by atoms with Crippen LogP contribution in [0.1, 0.15) is 5.56 Å². The van der Waals surface area contributed by atoms with E-state index in [9.17, 15) is 9.59 Å². The number of carboxylic acid groups (broad SMARTS) is 2. The smallest absolute Gasteiger partial charge is 0.341 e. The number of hydrogen-bond donors (Lipinski definition) is 2. The monoisotopic (exact) mass is 300 g/mol. The molecule has 0 aliphatic carbocycles. The number of aliphatic carboxylic acids is 2. The van der Waals surface area contributed by atoms with Gasteiger partial charge in [0.25, 0.3) is 0 Å². The highest BCUT2D eigenvalue weighted by Crippen LogP contribution is 2.07. The molecular weight excluding hydrogens is 284 g/mol. The van der Waals surface area contributed by atoms with E-state index in [0.29, 0.717) is 5.75 Å². The SMILES string of the molecule is O=C(O)C=Cc1ccccc1.O=C(O)COc1ccccc1. The molecule has 2 aromatic rings. The normalized spacial score (nSPS) is 9.64. The van der Waals surface area contributed by atoms with Crippen LogP contribution < -0.4 is 4.74 Å². The molecule has 0 unspecified atom stereocenters. The van der Waals surface area contributed by atoms with Crippen molar-refractivity contribution in [2.24, 2.45) is 0 Å². The fourth-order valence-corrected chi connectivity index (χ4v) is 1.39. The molecule has 0 amide bonds. The number of carbonyl (C=O) groups is 2. The van der Waals surface area contributed by atoms with E-state index in [0.717, 1.165) is 11.6 Å². The van der Waals surface area contributed by atoms with E-state index >= 15 is 0 Å². The molecule has 2 aromatic carbocycles. The Balaban J connectivity index is 0.000000220. The van der Waals surface area contributed by atoms with E-state index in [4.69, 9.17) is 14.9 Å². The number of hydrogen-bond acceptors (Lipinski definition) is 3.